The second-order valence-electron chi connectivity index (χ2n) is 8.23. The Balaban J connectivity index is 1.57. The third kappa shape index (κ3) is 5.84. The number of hydrogen-bond donors (Lipinski definition) is 2. The Kier molecular flexibility index (Phi) is 7.72. The van der Waals surface area contributed by atoms with Crippen LogP contribution < -0.4 is 15.4 Å². The van der Waals surface area contributed by atoms with Crippen LogP contribution in [-0.2, 0) is 11.3 Å². The summed E-state index contributed by atoms with van der Waals surface area (Å²) in [5.74, 6) is 1.51. The van der Waals surface area contributed by atoms with Crippen LogP contribution in [0.3, 0.4) is 0 Å². The van der Waals surface area contributed by atoms with Crippen molar-refractivity contribution >= 4 is 29.0 Å². The van der Waals surface area contributed by atoms with E-state index in [9.17, 15) is 4.79 Å². The van der Waals surface area contributed by atoms with Crippen molar-refractivity contribution in [3.05, 3.63) is 89.2 Å². The van der Waals surface area contributed by atoms with Crippen LogP contribution in [0.4, 0.5) is 11.4 Å². The first-order chi connectivity index (χ1) is 17.0. The molecule has 1 aromatic heterocycles. The number of carbonyl (C=O) groups excluding carboxylic acids is 1. The molecular weight excluding hydrogens is 458 g/mol. The lowest BCUT2D eigenvalue weighted by Crippen LogP contribution is -2.15. The van der Waals surface area contributed by atoms with Gasteiger partial charge in [-0.05, 0) is 56.2 Å². The number of amides is 1. The van der Waals surface area contributed by atoms with Crippen molar-refractivity contribution < 1.29 is 9.53 Å². The maximum Gasteiger partial charge on any atom is 0.234 e. The number of carbonyl (C=O) groups is 1. The Labute approximate surface area is 209 Å². The van der Waals surface area contributed by atoms with Crippen LogP contribution in [0.1, 0.15) is 22.5 Å². The number of benzene rings is 3. The molecule has 0 aliphatic rings. The fourth-order valence-corrected chi connectivity index (χ4v) is 4.55. The summed E-state index contributed by atoms with van der Waals surface area (Å²) < 4.78 is 7.56. The van der Waals surface area contributed by atoms with E-state index in [0.717, 1.165) is 39.6 Å². The van der Waals surface area contributed by atoms with Crippen molar-refractivity contribution in [1.29, 1.82) is 0 Å². The molecule has 0 spiro atoms. The van der Waals surface area contributed by atoms with Crippen molar-refractivity contribution in [2.24, 2.45) is 0 Å². The summed E-state index contributed by atoms with van der Waals surface area (Å²) in [5, 5.41) is 15.9. The predicted molar refractivity (Wildman–Crippen MR) is 142 cm³/mol. The van der Waals surface area contributed by atoms with Gasteiger partial charge in [0.1, 0.15) is 5.75 Å². The van der Waals surface area contributed by atoms with Gasteiger partial charge in [-0.1, -0.05) is 59.8 Å². The molecule has 0 aliphatic carbocycles. The zero-order valence-electron chi connectivity index (χ0n) is 20.3. The van der Waals surface area contributed by atoms with E-state index in [1.54, 1.807) is 7.11 Å². The highest BCUT2D eigenvalue weighted by Gasteiger charge is 2.19. The minimum absolute atomic E-state index is 0.108. The second kappa shape index (κ2) is 11.1. The molecule has 7 nitrogen and oxygen atoms in total. The van der Waals surface area contributed by atoms with E-state index in [-0.39, 0.29) is 11.7 Å². The zero-order valence-corrected chi connectivity index (χ0v) is 21.1. The van der Waals surface area contributed by atoms with E-state index in [2.05, 4.69) is 46.8 Å². The molecule has 4 rings (SSSR count). The van der Waals surface area contributed by atoms with Gasteiger partial charge < -0.3 is 15.4 Å². The number of anilines is 2. The minimum Gasteiger partial charge on any atom is -0.495 e. The van der Waals surface area contributed by atoms with Crippen LogP contribution in [-0.4, -0.2) is 33.5 Å². The molecule has 0 aliphatic heterocycles. The minimum atomic E-state index is -0.108. The highest BCUT2D eigenvalue weighted by molar-refractivity contribution is 7.99. The Morgan fingerprint density at radius 3 is 2.37 bits per heavy atom. The van der Waals surface area contributed by atoms with Gasteiger partial charge in [-0.2, -0.15) is 0 Å². The normalized spacial score (nSPS) is 10.7. The first-order valence-electron chi connectivity index (χ1n) is 11.3. The standard InChI is InChI=1S/C27H29N5O2S/c1-18-12-14-21(15-13-18)29-25(33)17-35-27-31-30-24(16-28-26-19(2)8-7-9-20(26)3)32(27)22-10-5-6-11-23(22)34-4/h5-15,28H,16-17H2,1-4H3,(H,29,33). The van der Waals surface area contributed by atoms with Crippen molar-refractivity contribution in [2.45, 2.75) is 32.5 Å². The summed E-state index contributed by atoms with van der Waals surface area (Å²) >= 11 is 1.33. The Morgan fingerprint density at radius 1 is 0.943 bits per heavy atom. The Bertz CT molecular complexity index is 1300. The predicted octanol–water partition coefficient (Wildman–Crippen LogP) is 5.54. The molecule has 0 radical (unpaired) electrons. The molecule has 0 saturated heterocycles. The third-order valence-corrected chi connectivity index (χ3v) is 6.53. The monoisotopic (exact) mass is 487 g/mol. The molecule has 3 aromatic carbocycles. The molecule has 0 fully saturated rings. The lowest BCUT2D eigenvalue weighted by atomic mass is 10.1. The number of ether oxygens (including phenoxy) is 1. The second-order valence-corrected chi connectivity index (χ2v) is 9.17. The zero-order chi connectivity index (χ0) is 24.8. The number of aryl methyl sites for hydroxylation is 3. The van der Waals surface area contributed by atoms with Gasteiger partial charge in [-0.25, -0.2) is 0 Å². The maximum atomic E-state index is 12.6. The molecule has 180 valence electrons. The summed E-state index contributed by atoms with van der Waals surface area (Å²) in [4.78, 5) is 12.6. The van der Waals surface area contributed by atoms with E-state index in [4.69, 9.17) is 4.74 Å². The van der Waals surface area contributed by atoms with Gasteiger partial charge >= 0.3 is 0 Å². The lowest BCUT2D eigenvalue weighted by Gasteiger charge is -2.16. The lowest BCUT2D eigenvalue weighted by molar-refractivity contribution is -0.113. The fourth-order valence-electron chi connectivity index (χ4n) is 3.79. The van der Waals surface area contributed by atoms with E-state index >= 15 is 0 Å². The highest BCUT2D eigenvalue weighted by atomic mass is 32.2. The number of nitrogens with zero attached hydrogens (tertiary/aromatic N) is 3. The number of methoxy groups -OCH3 is 1. The van der Waals surface area contributed by atoms with Crippen molar-refractivity contribution in [1.82, 2.24) is 14.8 Å². The molecule has 0 saturated carbocycles. The number of thioether (sulfide) groups is 1. The molecule has 4 aromatic rings. The molecular formula is C27H29N5O2S. The number of rotatable bonds is 9. The number of para-hydroxylation sites is 3. The van der Waals surface area contributed by atoms with Gasteiger partial charge in [-0.15, -0.1) is 10.2 Å². The van der Waals surface area contributed by atoms with E-state index in [1.165, 1.54) is 11.8 Å². The van der Waals surface area contributed by atoms with Gasteiger partial charge in [0.25, 0.3) is 0 Å². The van der Waals surface area contributed by atoms with Crippen molar-refractivity contribution in [3.8, 4) is 11.4 Å². The molecule has 1 amide bonds. The third-order valence-electron chi connectivity index (χ3n) is 5.60. The smallest absolute Gasteiger partial charge is 0.234 e. The van der Waals surface area contributed by atoms with Crippen molar-refractivity contribution in [2.75, 3.05) is 23.5 Å². The molecule has 1 heterocycles. The van der Waals surface area contributed by atoms with E-state index < -0.39 is 0 Å². The number of nitrogens with one attached hydrogen (secondary N) is 2. The average molecular weight is 488 g/mol. The highest BCUT2D eigenvalue weighted by Crippen LogP contribution is 2.29. The molecule has 35 heavy (non-hydrogen) atoms. The summed E-state index contributed by atoms with van der Waals surface area (Å²) in [7, 11) is 1.64. The van der Waals surface area contributed by atoms with Crippen LogP contribution >= 0.6 is 11.8 Å². The van der Waals surface area contributed by atoms with Crippen LogP contribution in [0.2, 0.25) is 0 Å². The Morgan fingerprint density at radius 2 is 1.66 bits per heavy atom. The van der Waals surface area contributed by atoms with E-state index in [1.807, 2.05) is 66.1 Å². The SMILES string of the molecule is COc1ccccc1-n1c(CNc2c(C)cccc2C)nnc1SCC(=O)Nc1ccc(C)cc1. The number of hydrogen-bond acceptors (Lipinski definition) is 6. The summed E-state index contributed by atoms with van der Waals surface area (Å²) in [6.07, 6.45) is 0. The maximum absolute atomic E-state index is 12.6. The molecule has 0 atom stereocenters. The fraction of sp³-hybridized carbons (Fsp3) is 0.222. The van der Waals surface area contributed by atoms with Gasteiger partial charge in [0.2, 0.25) is 5.91 Å². The Hall–Kier alpha value is -3.78. The molecule has 0 bridgehead atoms. The van der Waals surface area contributed by atoms with Gasteiger partial charge in [0.15, 0.2) is 11.0 Å². The molecule has 0 unspecified atom stereocenters. The van der Waals surface area contributed by atoms with Gasteiger partial charge in [0.05, 0.1) is 25.1 Å². The average Bonchev–Trinajstić information content (AvgIpc) is 3.26. The van der Waals surface area contributed by atoms with Crippen LogP contribution in [0.5, 0.6) is 5.75 Å². The van der Waals surface area contributed by atoms with Crippen LogP contribution in [0, 0.1) is 20.8 Å². The number of aromatic nitrogens is 3. The molecule has 8 heteroatoms. The van der Waals surface area contributed by atoms with Gasteiger partial charge in [-0.3, -0.25) is 9.36 Å². The quantitative estimate of drug-likeness (QED) is 0.302. The summed E-state index contributed by atoms with van der Waals surface area (Å²) in [5.41, 5.74) is 6.13. The van der Waals surface area contributed by atoms with Crippen LogP contribution in [0.25, 0.3) is 5.69 Å². The molecule has 2 N–H and O–H groups in total. The van der Waals surface area contributed by atoms with Gasteiger partial charge in [0, 0.05) is 11.4 Å². The first kappa shape index (κ1) is 24.3. The largest absolute Gasteiger partial charge is 0.495 e. The first-order valence-corrected chi connectivity index (χ1v) is 12.3. The van der Waals surface area contributed by atoms with E-state index in [0.29, 0.717) is 17.5 Å². The van der Waals surface area contributed by atoms with Crippen molar-refractivity contribution in [3.63, 3.8) is 0 Å². The summed E-state index contributed by atoms with van der Waals surface area (Å²) in [6.45, 7) is 6.63. The summed E-state index contributed by atoms with van der Waals surface area (Å²) in [6, 6.07) is 21.7. The topological polar surface area (TPSA) is 81.1 Å². The van der Waals surface area contributed by atoms with Crippen LogP contribution in [0.15, 0.2) is 71.9 Å².